The molecule has 4 nitrogen and oxygen atoms in total. The van der Waals surface area contributed by atoms with Gasteiger partial charge in [0.25, 0.3) is 0 Å². The first-order valence-corrected chi connectivity index (χ1v) is 16.2. The Kier molecular flexibility index (Phi) is 7.88. The monoisotopic (exact) mass is 808 g/mol. The fourth-order valence-corrected chi connectivity index (χ4v) is 7.17. The summed E-state index contributed by atoms with van der Waals surface area (Å²) < 4.78 is 2.40. The number of anilines is 4. The smallest absolute Gasteiger partial charge is 0.493 e. The summed E-state index contributed by atoms with van der Waals surface area (Å²) in [7, 11) is 0. The molecule has 0 saturated carbocycles. The molecule has 0 bridgehead atoms. The molecule has 10 rings (SSSR count). The SMILES string of the molecule is Cc1cc(C)cc(N2[CH-]N(c3[c-]cc4c(c3)c3cccc5c6ccccc6n4c35)c3ccccc32)c1.[Ir+3].[c-]1ccccc1-c1ccccn1. The zero-order chi connectivity index (χ0) is 32.2. The summed E-state index contributed by atoms with van der Waals surface area (Å²) in [4.78, 5) is 8.77. The fraction of sp³-hybridized carbons (Fsp3) is 0.0455. The molecule has 5 heteroatoms. The second-order valence-corrected chi connectivity index (χ2v) is 12.4. The summed E-state index contributed by atoms with van der Waals surface area (Å²) >= 11 is 0. The van der Waals surface area contributed by atoms with E-state index in [0.717, 1.165) is 22.6 Å². The van der Waals surface area contributed by atoms with Crippen LogP contribution in [0.15, 0.2) is 146 Å². The zero-order valence-electron chi connectivity index (χ0n) is 27.1. The van der Waals surface area contributed by atoms with E-state index in [4.69, 9.17) is 0 Å². The molecular formula is C44H31IrN4. The van der Waals surface area contributed by atoms with Crippen molar-refractivity contribution in [1.29, 1.82) is 0 Å². The molecule has 0 N–H and O–H groups in total. The van der Waals surface area contributed by atoms with E-state index in [9.17, 15) is 0 Å². The van der Waals surface area contributed by atoms with Crippen LogP contribution in [0.2, 0.25) is 0 Å². The van der Waals surface area contributed by atoms with E-state index >= 15 is 0 Å². The van der Waals surface area contributed by atoms with Gasteiger partial charge >= 0.3 is 20.1 Å². The first-order valence-electron chi connectivity index (χ1n) is 16.2. The number of benzene rings is 6. The molecule has 0 aliphatic carbocycles. The van der Waals surface area contributed by atoms with Crippen LogP contribution in [0.1, 0.15) is 11.1 Å². The minimum absolute atomic E-state index is 0. The van der Waals surface area contributed by atoms with Crippen molar-refractivity contribution in [3.8, 4) is 11.3 Å². The van der Waals surface area contributed by atoms with Crippen molar-refractivity contribution in [2.24, 2.45) is 0 Å². The molecule has 236 valence electrons. The summed E-state index contributed by atoms with van der Waals surface area (Å²) in [6, 6.07) is 55.5. The maximum Gasteiger partial charge on any atom is 3.00 e. The number of fused-ring (bicyclic) bond motifs is 7. The van der Waals surface area contributed by atoms with Gasteiger partial charge < -0.3 is 19.2 Å². The second-order valence-electron chi connectivity index (χ2n) is 12.4. The first-order chi connectivity index (χ1) is 23.6. The van der Waals surface area contributed by atoms with Gasteiger partial charge in [0.15, 0.2) is 0 Å². The quantitative estimate of drug-likeness (QED) is 0.166. The molecule has 3 aromatic heterocycles. The molecule has 1 aliphatic rings. The van der Waals surface area contributed by atoms with Crippen molar-refractivity contribution < 1.29 is 20.1 Å². The van der Waals surface area contributed by atoms with Gasteiger partial charge in [0.2, 0.25) is 0 Å². The van der Waals surface area contributed by atoms with Gasteiger partial charge in [-0.15, -0.1) is 59.7 Å². The Morgan fingerprint density at radius 1 is 0.592 bits per heavy atom. The normalized spacial score (nSPS) is 12.4. The van der Waals surface area contributed by atoms with Gasteiger partial charge in [0, 0.05) is 45.1 Å². The Balaban J connectivity index is 0.000000228. The van der Waals surface area contributed by atoms with Crippen LogP contribution >= 0.6 is 0 Å². The summed E-state index contributed by atoms with van der Waals surface area (Å²) in [5.41, 5.74) is 12.8. The number of aryl methyl sites for hydroxylation is 2. The van der Waals surface area contributed by atoms with Crippen LogP contribution in [-0.2, 0) is 20.1 Å². The molecular weight excluding hydrogens is 777 g/mol. The Labute approximate surface area is 299 Å². The number of para-hydroxylation sites is 4. The molecule has 1 aliphatic heterocycles. The van der Waals surface area contributed by atoms with E-state index in [1.807, 2.05) is 42.5 Å². The topological polar surface area (TPSA) is 23.8 Å². The summed E-state index contributed by atoms with van der Waals surface area (Å²) in [5, 5.41) is 5.15. The van der Waals surface area contributed by atoms with Gasteiger partial charge in [-0.05, 0) is 72.5 Å². The van der Waals surface area contributed by atoms with Gasteiger partial charge in [-0.25, -0.2) is 0 Å². The number of rotatable bonds is 3. The van der Waals surface area contributed by atoms with Gasteiger partial charge in [-0.2, -0.15) is 12.1 Å². The van der Waals surface area contributed by atoms with E-state index in [2.05, 4.69) is 149 Å². The number of aromatic nitrogens is 2. The van der Waals surface area contributed by atoms with Crippen molar-refractivity contribution in [3.05, 3.63) is 176 Å². The molecule has 0 fully saturated rings. The third-order valence-corrected chi connectivity index (χ3v) is 9.17. The predicted molar refractivity (Wildman–Crippen MR) is 199 cm³/mol. The molecule has 0 radical (unpaired) electrons. The Morgan fingerprint density at radius 2 is 1.29 bits per heavy atom. The van der Waals surface area contributed by atoms with Crippen LogP contribution in [0, 0.1) is 32.6 Å². The van der Waals surface area contributed by atoms with Crippen LogP contribution in [0.4, 0.5) is 22.7 Å². The molecule has 0 unspecified atom stereocenters. The van der Waals surface area contributed by atoms with E-state index in [-0.39, 0.29) is 20.1 Å². The average molecular weight is 808 g/mol. The van der Waals surface area contributed by atoms with Gasteiger partial charge in [0.1, 0.15) is 0 Å². The molecule has 6 aromatic carbocycles. The summed E-state index contributed by atoms with van der Waals surface area (Å²) in [6.07, 6.45) is 1.79. The first kappa shape index (κ1) is 30.8. The van der Waals surface area contributed by atoms with Crippen LogP contribution in [0.3, 0.4) is 0 Å². The molecule has 4 heterocycles. The fourth-order valence-electron chi connectivity index (χ4n) is 7.17. The number of pyridine rings is 1. The van der Waals surface area contributed by atoms with Crippen molar-refractivity contribution in [2.45, 2.75) is 13.8 Å². The molecule has 0 atom stereocenters. The third kappa shape index (κ3) is 5.23. The third-order valence-electron chi connectivity index (χ3n) is 9.17. The van der Waals surface area contributed by atoms with Crippen LogP contribution in [0.5, 0.6) is 0 Å². The molecule has 9 aromatic rings. The van der Waals surface area contributed by atoms with Crippen LogP contribution < -0.4 is 9.80 Å². The van der Waals surface area contributed by atoms with Gasteiger partial charge in [-0.3, -0.25) is 0 Å². The van der Waals surface area contributed by atoms with E-state index in [1.165, 1.54) is 60.6 Å². The molecule has 0 spiro atoms. The maximum atomic E-state index is 4.22. The van der Waals surface area contributed by atoms with Gasteiger partial charge in [0.05, 0.1) is 0 Å². The molecule has 0 amide bonds. The minimum Gasteiger partial charge on any atom is -0.493 e. The largest absolute Gasteiger partial charge is 3.00 e. The Bertz CT molecular complexity index is 2520. The number of nitrogens with zero attached hydrogens (tertiary/aromatic N) is 4. The van der Waals surface area contributed by atoms with Crippen LogP contribution in [0.25, 0.3) is 49.4 Å². The van der Waals surface area contributed by atoms with E-state index in [0.29, 0.717) is 0 Å². The maximum absolute atomic E-state index is 4.22. The summed E-state index contributed by atoms with van der Waals surface area (Å²) in [5.74, 6) is 0. The van der Waals surface area contributed by atoms with E-state index < -0.39 is 0 Å². The van der Waals surface area contributed by atoms with Crippen molar-refractivity contribution in [1.82, 2.24) is 9.38 Å². The average Bonchev–Trinajstić information content (AvgIpc) is 3.80. The van der Waals surface area contributed by atoms with Crippen LogP contribution in [-0.4, -0.2) is 9.38 Å². The molecule has 0 saturated heterocycles. The number of hydrogen-bond acceptors (Lipinski definition) is 3. The van der Waals surface area contributed by atoms with Crippen molar-refractivity contribution in [2.75, 3.05) is 9.80 Å². The predicted octanol–water partition coefficient (Wildman–Crippen LogP) is 11.2. The second kappa shape index (κ2) is 12.5. The van der Waals surface area contributed by atoms with Crippen molar-refractivity contribution in [3.63, 3.8) is 0 Å². The zero-order valence-corrected chi connectivity index (χ0v) is 29.5. The standard InChI is InChI=1S/C33H23N3.C11H8N.Ir/c1-21-16-22(2)18-24(17-21)35-20-34(31-12-5-6-13-32(31)35)23-14-15-30-28(19-23)27-10-7-9-26-25-8-3-4-11-29(25)36(30)33(26)27;1-2-6-10(7-3-1)11-8-4-5-9-12-11;/h3-13,15-20H,1-2H3;1-6,8-9H;/q-2;-1;+3. The Morgan fingerprint density at radius 3 is 2.04 bits per heavy atom. The Hall–Kier alpha value is -5.48. The van der Waals surface area contributed by atoms with E-state index in [1.54, 1.807) is 6.20 Å². The van der Waals surface area contributed by atoms with Crippen molar-refractivity contribution >= 4 is 60.8 Å². The minimum atomic E-state index is 0. The number of hydrogen-bond donors (Lipinski definition) is 0. The van der Waals surface area contributed by atoms with Gasteiger partial charge in [-0.1, -0.05) is 72.2 Å². The summed E-state index contributed by atoms with van der Waals surface area (Å²) in [6.45, 7) is 6.51. The molecule has 49 heavy (non-hydrogen) atoms.